The molecule has 4 heteroatoms. The summed E-state index contributed by atoms with van der Waals surface area (Å²) in [5, 5.41) is 3.51. The van der Waals surface area contributed by atoms with E-state index in [9.17, 15) is 4.39 Å². The number of fused-ring (bicyclic) bond motifs is 2. The fourth-order valence-electron chi connectivity index (χ4n) is 4.21. The molecule has 3 atom stereocenters. The molecule has 2 aliphatic heterocycles. The quantitative estimate of drug-likeness (QED) is 0.888. The fraction of sp³-hybridized carbons (Fsp3) is 0.647. The predicted molar refractivity (Wildman–Crippen MR) is 87.9 cm³/mol. The monoisotopic (exact) mass is 354 g/mol. The van der Waals surface area contributed by atoms with Gasteiger partial charge in [-0.25, -0.2) is 4.39 Å². The molecule has 0 saturated carbocycles. The molecule has 2 nitrogen and oxygen atoms in total. The first-order valence-electron chi connectivity index (χ1n) is 7.91. The molecule has 0 aliphatic carbocycles. The lowest BCUT2D eigenvalue weighted by Crippen LogP contribution is -2.47. The molecule has 3 rings (SSSR count). The van der Waals surface area contributed by atoms with E-state index in [1.165, 1.54) is 31.2 Å². The maximum absolute atomic E-state index is 13.2. The Morgan fingerprint density at radius 2 is 2.00 bits per heavy atom. The van der Waals surface area contributed by atoms with Crippen molar-refractivity contribution in [3.8, 4) is 0 Å². The Kier molecular flexibility index (Phi) is 4.67. The molecule has 0 aromatic heterocycles. The Morgan fingerprint density at radius 1 is 1.33 bits per heavy atom. The summed E-state index contributed by atoms with van der Waals surface area (Å²) >= 11 is 3.50. The summed E-state index contributed by atoms with van der Waals surface area (Å²) in [6, 6.07) is 7.05. The van der Waals surface area contributed by atoms with Crippen molar-refractivity contribution in [1.29, 1.82) is 0 Å². The van der Waals surface area contributed by atoms with Gasteiger partial charge in [0.05, 0.1) is 0 Å². The van der Waals surface area contributed by atoms with Crippen LogP contribution in [0.5, 0.6) is 0 Å². The third-order valence-corrected chi connectivity index (χ3v) is 6.27. The number of piperidine rings is 1. The van der Waals surface area contributed by atoms with Gasteiger partial charge in [0, 0.05) is 22.6 Å². The highest BCUT2D eigenvalue weighted by molar-refractivity contribution is 9.10. The molecule has 3 unspecified atom stereocenters. The number of nitrogens with zero attached hydrogens (tertiary/aromatic N) is 1. The number of halogens is 2. The summed E-state index contributed by atoms with van der Waals surface area (Å²) < 4.78 is 14.1. The SMILES string of the molecule is CNC(Cc1ccc(F)cc1Br)C1CC2CCC(C1)N2C. The minimum absolute atomic E-state index is 0.177. The predicted octanol–water partition coefficient (Wildman–Crippen LogP) is 3.59. The molecular formula is C17H24BrFN2. The van der Waals surface area contributed by atoms with Gasteiger partial charge in [0.15, 0.2) is 0 Å². The van der Waals surface area contributed by atoms with E-state index < -0.39 is 0 Å². The molecule has 1 N–H and O–H groups in total. The van der Waals surface area contributed by atoms with Gasteiger partial charge in [-0.1, -0.05) is 22.0 Å². The number of benzene rings is 1. The lowest BCUT2D eigenvalue weighted by atomic mass is 9.82. The second-order valence-electron chi connectivity index (χ2n) is 6.62. The van der Waals surface area contributed by atoms with Crippen molar-refractivity contribution in [2.24, 2.45) is 5.92 Å². The Hall–Kier alpha value is -0.450. The molecule has 116 valence electrons. The second kappa shape index (κ2) is 6.35. The molecule has 2 bridgehead atoms. The van der Waals surface area contributed by atoms with Crippen LogP contribution in [0.2, 0.25) is 0 Å². The first-order chi connectivity index (χ1) is 10.1. The van der Waals surface area contributed by atoms with Crippen LogP contribution in [0.1, 0.15) is 31.2 Å². The minimum Gasteiger partial charge on any atom is -0.316 e. The van der Waals surface area contributed by atoms with Gasteiger partial charge in [-0.15, -0.1) is 0 Å². The van der Waals surface area contributed by atoms with E-state index in [-0.39, 0.29) is 5.82 Å². The van der Waals surface area contributed by atoms with Crippen molar-refractivity contribution < 1.29 is 4.39 Å². The van der Waals surface area contributed by atoms with Gasteiger partial charge in [-0.3, -0.25) is 0 Å². The average molecular weight is 355 g/mol. The number of hydrogen-bond acceptors (Lipinski definition) is 2. The Morgan fingerprint density at radius 3 is 2.57 bits per heavy atom. The summed E-state index contributed by atoms with van der Waals surface area (Å²) in [5.41, 5.74) is 1.20. The Labute approximate surface area is 135 Å². The van der Waals surface area contributed by atoms with Gasteiger partial charge >= 0.3 is 0 Å². The van der Waals surface area contributed by atoms with E-state index in [2.05, 4.69) is 40.2 Å². The van der Waals surface area contributed by atoms with Gasteiger partial charge in [0.2, 0.25) is 0 Å². The van der Waals surface area contributed by atoms with E-state index >= 15 is 0 Å². The van der Waals surface area contributed by atoms with Crippen molar-refractivity contribution in [2.45, 2.75) is 50.2 Å². The zero-order valence-corrected chi connectivity index (χ0v) is 14.4. The Bertz CT molecular complexity index is 494. The molecule has 1 aromatic carbocycles. The molecule has 0 radical (unpaired) electrons. The van der Waals surface area contributed by atoms with E-state index in [0.29, 0.717) is 6.04 Å². The van der Waals surface area contributed by atoms with E-state index in [1.807, 2.05) is 6.07 Å². The van der Waals surface area contributed by atoms with Gasteiger partial charge in [0.1, 0.15) is 5.82 Å². The van der Waals surface area contributed by atoms with Crippen LogP contribution in [0.4, 0.5) is 4.39 Å². The van der Waals surface area contributed by atoms with Gasteiger partial charge in [0.25, 0.3) is 0 Å². The molecule has 0 spiro atoms. The van der Waals surface area contributed by atoms with E-state index in [4.69, 9.17) is 0 Å². The normalized spacial score (nSPS) is 30.6. The number of likely N-dealkylation sites (N-methyl/N-ethyl adjacent to an activating group) is 1. The standard InChI is InChI=1S/C17H24BrFN2/c1-20-17(9-11-3-4-13(19)10-16(11)18)12-7-14-5-6-15(8-12)21(14)2/h3-4,10,12,14-15,17,20H,5-9H2,1-2H3. The van der Waals surface area contributed by atoms with Crippen LogP contribution in [0.15, 0.2) is 22.7 Å². The summed E-state index contributed by atoms with van der Waals surface area (Å²) in [6.07, 6.45) is 6.25. The fourth-order valence-corrected chi connectivity index (χ4v) is 4.72. The number of nitrogens with one attached hydrogen (secondary N) is 1. The van der Waals surface area contributed by atoms with Crippen molar-refractivity contribution in [3.05, 3.63) is 34.1 Å². The molecule has 1 aromatic rings. The molecule has 21 heavy (non-hydrogen) atoms. The molecule has 0 amide bonds. The van der Waals surface area contributed by atoms with Gasteiger partial charge in [-0.2, -0.15) is 0 Å². The zero-order chi connectivity index (χ0) is 15.0. The van der Waals surface area contributed by atoms with Gasteiger partial charge in [-0.05, 0) is 69.8 Å². The highest BCUT2D eigenvalue weighted by Crippen LogP contribution is 2.39. The molecule has 2 heterocycles. The lowest BCUT2D eigenvalue weighted by molar-refractivity contribution is 0.114. The highest BCUT2D eigenvalue weighted by atomic mass is 79.9. The molecule has 2 aliphatic rings. The highest BCUT2D eigenvalue weighted by Gasteiger charge is 2.40. The summed E-state index contributed by atoms with van der Waals surface area (Å²) in [7, 11) is 4.34. The van der Waals surface area contributed by atoms with Crippen molar-refractivity contribution in [2.75, 3.05) is 14.1 Å². The van der Waals surface area contributed by atoms with Crippen LogP contribution in [-0.2, 0) is 6.42 Å². The van der Waals surface area contributed by atoms with Crippen LogP contribution >= 0.6 is 15.9 Å². The van der Waals surface area contributed by atoms with Crippen LogP contribution in [0.3, 0.4) is 0 Å². The maximum Gasteiger partial charge on any atom is 0.124 e. The molecular weight excluding hydrogens is 331 g/mol. The maximum atomic E-state index is 13.2. The summed E-state index contributed by atoms with van der Waals surface area (Å²) in [4.78, 5) is 2.58. The van der Waals surface area contributed by atoms with E-state index in [0.717, 1.165) is 28.9 Å². The second-order valence-corrected chi connectivity index (χ2v) is 7.47. The van der Waals surface area contributed by atoms with Crippen molar-refractivity contribution in [1.82, 2.24) is 10.2 Å². The molecule has 2 saturated heterocycles. The van der Waals surface area contributed by atoms with Crippen LogP contribution in [0.25, 0.3) is 0 Å². The van der Waals surface area contributed by atoms with Crippen molar-refractivity contribution >= 4 is 15.9 Å². The largest absolute Gasteiger partial charge is 0.316 e. The lowest BCUT2D eigenvalue weighted by Gasteiger charge is -2.40. The van der Waals surface area contributed by atoms with Crippen LogP contribution in [-0.4, -0.2) is 37.1 Å². The van der Waals surface area contributed by atoms with E-state index in [1.54, 1.807) is 12.1 Å². The zero-order valence-electron chi connectivity index (χ0n) is 12.8. The summed E-state index contributed by atoms with van der Waals surface area (Å²) in [6.45, 7) is 0. The molecule has 2 fully saturated rings. The van der Waals surface area contributed by atoms with Crippen LogP contribution in [0, 0.1) is 11.7 Å². The minimum atomic E-state index is -0.177. The average Bonchev–Trinajstić information content (AvgIpc) is 2.68. The number of hydrogen-bond donors (Lipinski definition) is 1. The number of rotatable bonds is 4. The topological polar surface area (TPSA) is 15.3 Å². The first-order valence-corrected chi connectivity index (χ1v) is 8.71. The smallest absolute Gasteiger partial charge is 0.124 e. The Balaban J connectivity index is 1.71. The van der Waals surface area contributed by atoms with Crippen molar-refractivity contribution in [3.63, 3.8) is 0 Å². The summed E-state index contributed by atoms with van der Waals surface area (Å²) in [5.74, 6) is 0.546. The third-order valence-electron chi connectivity index (χ3n) is 5.53. The van der Waals surface area contributed by atoms with Crippen LogP contribution < -0.4 is 5.32 Å². The first kappa shape index (κ1) is 15.4. The third kappa shape index (κ3) is 3.17. The van der Waals surface area contributed by atoms with Gasteiger partial charge < -0.3 is 10.2 Å².